The Bertz CT molecular complexity index is 862. The summed E-state index contributed by atoms with van der Waals surface area (Å²) in [5.74, 6) is 1.89. The van der Waals surface area contributed by atoms with Crippen LogP contribution in [0.2, 0.25) is 0 Å². The lowest BCUT2D eigenvalue weighted by molar-refractivity contribution is 0.240. The van der Waals surface area contributed by atoms with E-state index in [0.29, 0.717) is 22.8 Å². The van der Waals surface area contributed by atoms with Gasteiger partial charge in [0.2, 0.25) is 10.0 Å². The van der Waals surface area contributed by atoms with Crippen molar-refractivity contribution in [1.29, 1.82) is 0 Å². The van der Waals surface area contributed by atoms with Crippen LogP contribution in [0.1, 0.15) is 25.0 Å². The molecule has 2 aromatic carbocycles. The lowest BCUT2D eigenvalue weighted by Crippen LogP contribution is -2.23. The zero-order chi connectivity index (χ0) is 19.3. The molecule has 0 saturated heterocycles. The number of ether oxygens (including phenoxy) is 3. The van der Waals surface area contributed by atoms with Gasteiger partial charge in [-0.3, -0.25) is 0 Å². The highest BCUT2D eigenvalue weighted by molar-refractivity contribution is 7.89. The van der Waals surface area contributed by atoms with Crippen LogP contribution in [-0.4, -0.2) is 28.7 Å². The molecule has 0 radical (unpaired) electrons. The maximum atomic E-state index is 12.6. The van der Waals surface area contributed by atoms with Crippen LogP contribution in [0.4, 0.5) is 0 Å². The van der Waals surface area contributed by atoms with Crippen molar-refractivity contribution in [2.75, 3.05) is 14.2 Å². The molecule has 6 nitrogen and oxygen atoms in total. The Hall–Kier alpha value is -2.25. The molecule has 0 spiro atoms. The molecule has 0 aliphatic carbocycles. The molecule has 0 unspecified atom stereocenters. The van der Waals surface area contributed by atoms with E-state index in [9.17, 15) is 8.42 Å². The highest BCUT2D eigenvalue weighted by atomic mass is 32.2. The average Bonchev–Trinajstić information content (AvgIpc) is 2.61. The molecule has 0 bridgehead atoms. The number of methoxy groups -OCH3 is 2. The smallest absolute Gasteiger partial charge is 0.240 e. The van der Waals surface area contributed by atoms with Crippen molar-refractivity contribution < 1.29 is 22.6 Å². The molecule has 142 valence electrons. The van der Waals surface area contributed by atoms with E-state index in [4.69, 9.17) is 14.2 Å². The minimum Gasteiger partial charge on any atom is -0.497 e. The van der Waals surface area contributed by atoms with Gasteiger partial charge in [0.15, 0.2) is 0 Å². The Morgan fingerprint density at radius 1 is 1.00 bits per heavy atom. The number of hydrogen-bond acceptors (Lipinski definition) is 5. The molecule has 0 atom stereocenters. The molecule has 26 heavy (non-hydrogen) atoms. The summed E-state index contributed by atoms with van der Waals surface area (Å²) in [6, 6.07) is 10.1. The minimum absolute atomic E-state index is 0.0230. The van der Waals surface area contributed by atoms with E-state index in [2.05, 4.69) is 4.72 Å². The highest BCUT2D eigenvalue weighted by Crippen LogP contribution is 2.25. The van der Waals surface area contributed by atoms with Crippen molar-refractivity contribution in [3.63, 3.8) is 0 Å². The Morgan fingerprint density at radius 2 is 1.69 bits per heavy atom. The lowest BCUT2D eigenvalue weighted by atomic mass is 10.2. The molecular weight excluding hydrogens is 354 g/mol. The van der Waals surface area contributed by atoms with Gasteiger partial charge in [0, 0.05) is 12.1 Å². The third-order valence-corrected chi connectivity index (χ3v) is 5.16. The average molecular weight is 379 g/mol. The number of hydrogen-bond donors (Lipinski definition) is 1. The van der Waals surface area contributed by atoms with E-state index < -0.39 is 10.0 Å². The summed E-state index contributed by atoms with van der Waals surface area (Å²) >= 11 is 0. The first-order valence-corrected chi connectivity index (χ1v) is 9.73. The topological polar surface area (TPSA) is 73.9 Å². The van der Waals surface area contributed by atoms with Crippen molar-refractivity contribution in [1.82, 2.24) is 4.72 Å². The third kappa shape index (κ3) is 4.89. The van der Waals surface area contributed by atoms with Crippen molar-refractivity contribution in [3.05, 3.63) is 47.5 Å². The van der Waals surface area contributed by atoms with Crippen molar-refractivity contribution in [2.45, 2.75) is 38.3 Å². The van der Waals surface area contributed by atoms with Gasteiger partial charge in [-0.1, -0.05) is 0 Å². The van der Waals surface area contributed by atoms with Crippen molar-refractivity contribution in [3.8, 4) is 17.2 Å². The fourth-order valence-electron chi connectivity index (χ4n) is 2.45. The maximum absolute atomic E-state index is 12.6. The van der Waals surface area contributed by atoms with Crippen LogP contribution in [0, 0.1) is 6.92 Å². The molecule has 0 aromatic heterocycles. The Morgan fingerprint density at radius 3 is 2.27 bits per heavy atom. The second-order valence-electron chi connectivity index (χ2n) is 6.10. The number of sulfonamides is 1. The molecular formula is C19H25NO5S. The van der Waals surface area contributed by atoms with Gasteiger partial charge in [0.05, 0.1) is 25.2 Å². The molecule has 0 aliphatic heterocycles. The van der Waals surface area contributed by atoms with Gasteiger partial charge >= 0.3 is 0 Å². The zero-order valence-electron chi connectivity index (χ0n) is 15.7. The van der Waals surface area contributed by atoms with Crippen LogP contribution in [0.15, 0.2) is 41.3 Å². The quantitative estimate of drug-likeness (QED) is 0.762. The summed E-state index contributed by atoms with van der Waals surface area (Å²) in [6.07, 6.45) is 0.0230. The molecule has 2 aromatic rings. The van der Waals surface area contributed by atoms with Crippen LogP contribution in [0.3, 0.4) is 0 Å². The summed E-state index contributed by atoms with van der Waals surface area (Å²) in [5, 5.41) is 0. The van der Waals surface area contributed by atoms with Crippen molar-refractivity contribution >= 4 is 10.0 Å². The molecule has 2 rings (SSSR count). The van der Waals surface area contributed by atoms with Crippen LogP contribution in [0.25, 0.3) is 0 Å². The number of benzene rings is 2. The SMILES string of the molecule is COc1ccc(OC)c(CNS(=O)(=O)c2ccc(OC(C)C)c(C)c2)c1. The van der Waals surface area contributed by atoms with E-state index in [1.165, 1.54) is 13.2 Å². The normalized spacial score (nSPS) is 11.5. The van der Waals surface area contributed by atoms with Gasteiger partial charge < -0.3 is 14.2 Å². The van der Waals surface area contributed by atoms with Gasteiger partial charge in [0.25, 0.3) is 0 Å². The van der Waals surface area contributed by atoms with Gasteiger partial charge in [-0.2, -0.15) is 0 Å². The molecule has 1 N–H and O–H groups in total. The van der Waals surface area contributed by atoms with E-state index >= 15 is 0 Å². The summed E-state index contributed by atoms with van der Waals surface area (Å²) < 4.78 is 44.0. The van der Waals surface area contributed by atoms with E-state index in [-0.39, 0.29) is 17.5 Å². The second-order valence-corrected chi connectivity index (χ2v) is 7.86. The molecule has 0 heterocycles. The first-order valence-electron chi connectivity index (χ1n) is 8.24. The first kappa shape index (κ1) is 20.1. The predicted molar refractivity (Wildman–Crippen MR) is 101 cm³/mol. The summed E-state index contributed by atoms with van der Waals surface area (Å²) in [5.41, 5.74) is 1.45. The molecule has 0 aliphatic rings. The van der Waals surface area contributed by atoms with Gasteiger partial charge in [-0.05, 0) is 62.7 Å². The van der Waals surface area contributed by atoms with Crippen LogP contribution >= 0.6 is 0 Å². The standard InChI is InChI=1S/C19H25NO5S/c1-13(2)25-18-9-7-17(10-14(18)3)26(21,22)20-12-15-11-16(23-4)6-8-19(15)24-5/h6-11,13,20H,12H2,1-5H3. The number of aryl methyl sites for hydroxylation is 1. The van der Waals surface area contributed by atoms with E-state index in [0.717, 1.165) is 5.56 Å². The third-order valence-electron chi connectivity index (χ3n) is 3.76. The molecule has 0 saturated carbocycles. The maximum Gasteiger partial charge on any atom is 0.240 e. The zero-order valence-corrected chi connectivity index (χ0v) is 16.5. The monoisotopic (exact) mass is 379 g/mol. The van der Waals surface area contributed by atoms with Crippen LogP contribution in [0.5, 0.6) is 17.2 Å². The van der Waals surface area contributed by atoms with Crippen LogP contribution in [-0.2, 0) is 16.6 Å². The molecule has 0 amide bonds. The Labute approximate surface area is 155 Å². The fraction of sp³-hybridized carbons (Fsp3) is 0.368. The molecule has 7 heteroatoms. The van der Waals surface area contributed by atoms with E-state index in [1.807, 2.05) is 20.8 Å². The Kier molecular flexibility index (Phi) is 6.50. The van der Waals surface area contributed by atoms with Crippen molar-refractivity contribution in [2.24, 2.45) is 0 Å². The van der Waals surface area contributed by atoms with Gasteiger partial charge in [-0.25, -0.2) is 13.1 Å². The highest BCUT2D eigenvalue weighted by Gasteiger charge is 2.17. The van der Waals surface area contributed by atoms with Gasteiger partial charge in [0.1, 0.15) is 17.2 Å². The minimum atomic E-state index is -3.67. The van der Waals surface area contributed by atoms with Gasteiger partial charge in [-0.15, -0.1) is 0 Å². The van der Waals surface area contributed by atoms with E-state index in [1.54, 1.807) is 37.4 Å². The van der Waals surface area contributed by atoms with Crippen LogP contribution < -0.4 is 18.9 Å². The number of nitrogens with one attached hydrogen (secondary N) is 1. The summed E-state index contributed by atoms with van der Waals surface area (Å²) in [4.78, 5) is 0.188. The summed E-state index contributed by atoms with van der Waals surface area (Å²) in [7, 11) is -0.579. The first-order chi connectivity index (χ1) is 12.3. The molecule has 0 fully saturated rings. The lowest BCUT2D eigenvalue weighted by Gasteiger charge is -2.14. The fourth-order valence-corrected chi connectivity index (χ4v) is 3.54. The second kappa shape index (κ2) is 8.42. The Balaban J connectivity index is 2.20. The summed E-state index contributed by atoms with van der Waals surface area (Å²) in [6.45, 7) is 5.76. The largest absolute Gasteiger partial charge is 0.497 e. The number of rotatable bonds is 8. The predicted octanol–water partition coefficient (Wildman–Crippen LogP) is 3.28.